The zero-order valence-electron chi connectivity index (χ0n) is 16.9. The number of amides is 1. The molecule has 7 nitrogen and oxygen atoms in total. The lowest BCUT2D eigenvalue weighted by molar-refractivity contribution is -0.123. The van der Waals surface area contributed by atoms with Crippen LogP contribution in [0.25, 0.3) is 5.69 Å². The molecule has 1 amide bonds. The van der Waals surface area contributed by atoms with Crippen molar-refractivity contribution >= 4 is 17.6 Å². The number of aryl methyl sites for hydroxylation is 3. The number of rotatable bonds is 5. The predicted molar refractivity (Wildman–Crippen MR) is 105 cm³/mol. The quantitative estimate of drug-likeness (QED) is 0.644. The average Bonchev–Trinajstić information content (AvgIpc) is 3.06. The largest absolute Gasteiger partial charge is 0.448 e. The molecule has 0 radical (unpaired) electrons. The highest BCUT2D eigenvalue weighted by Crippen LogP contribution is 2.18. The van der Waals surface area contributed by atoms with Crippen molar-refractivity contribution in [2.24, 2.45) is 0 Å². The van der Waals surface area contributed by atoms with E-state index in [2.05, 4.69) is 15.5 Å². The van der Waals surface area contributed by atoms with Crippen LogP contribution >= 0.6 is 0 Å². The van der Waals surface area contributed by atoms with E-state index in [9.17, 15) is 18.4 Å². The SMILES string of the molecule is Cc1ccc(-n2nc(C)c(C(=O)O[C@H](C)C(=O)Nc3cc(F)ccc3F)n2)c(C)c1. The van der Waals surface area contributed by atoms with E-state index in [1.54, 1.807) is 6.92 Å². The summed E-state index contributed by atoms with van der Waals surface area (Å²) in [7, 11) is 0. The van der Waals surface area contributed by atoms with E-state index in [4.69, 9.17) is 4.74 Å². The monoisotopic (exact) mass is 414 g/mol. The van der Waals surface area contributed by atoms with E-state index in [1.165, 1.54) is 11.7 Å². The minimum Gasteiger partial charge on any atom is -0.448 e. The molecule has 9 heteroatoms. The molecule has 3 aromatic rings. The summed E-state index contributed by atoms with van der Waals surface area (Å²) in [6.07, 6.45) is -1.27. The van der Waals surface area contributed by atoms with Crippen molar-refractivity contribution < 1.29 is 23.1 Å². The molecule has 0 saturated carbocycles. The van der Waals surface area contributed by atoms with Gasteiger partial charge in [0.05, 0.1) is 17.1 Å². The summed E-state index contributed by atoms with van der Waals surface area (Å²) in [4.78, 5) is 26.0. The molecule has 0 unspecified atom stereocenters. The summed E-state index contributed by atoms with van der Waals surface area (Å²) in [6.45, 7) is 6.77. The molecule has 1 heterocycles. The lowest BCUT2D eigenvalue weighted by atomic mass is 10.1. The number of ether oxygens (including phenoxy) is 1. The van der Waals surface area contributed by atoms with E-state index < -0.39 is 29.6 Å². The number of anilines is 1. The number of nitrogens with one attached hydrogen (secondary N) is 1. The van der Waals surface area contributed by atoms with Gasteiger partial charge in [0.1, 0.15) is 11.6 Å². The van der Waals surface area contributed by atoms with E-state index in [0.717, 1.165) is 29.3 Å². The molecule has 1 N–H and O–H groups in total. The number of hydrogen-bond acceptors (Lipinski definition) is 5. The van der Waals surface area contributed by atoms with Crippen molar-refractivity contribution in [3.05, 3.63) is 70.5 Å². The molecule has 0 fully saturated rings. The number of benzene rings is 2. The molecular weight excluding hydrogens is 394 g/mol. The number of esters is 1. The molecular formula is C21H20F2N4O3. The molecule has 3 rings (SSSR count). The lowest BCUT2D eigenvalue weighted by Crippen LogP contribution is -2.30. The fourth-order valence-electron chi connectivity index (χ4n) is 2.80. The summed E-state index contributed by atoms with van der Waals surface area (Å²) in [6, 6.07) is 8.35. The van der Waals surface area contributed by atoms with Crippen LogP contribution in [0.1, 0.15) is 34.2 Å². The number of halogens is 2. The third kappa shape index (κ3) is 4.51. The first-order chi connectivity index (χ1) is 14.2. The number of nitrogens with zero attached hydrogens (tertiary/aromatic N) is 3. The van der Waals surface area contributed by atoms with E-state index in [-0.39, 0.29) is 11.4 Å². The molecule has 0 bridgehead atoms. The molecule has 0 aliphatic heterocycles. The second-order valence-corrected chi connectivity index (χ2v) is 6.87. The summed E-state index contributed by atoms with van der Waals surface area (Å²) in [5.74, 6) is -3.19. The number of carbonyl (C=O) groups is 2. The van der Waals surface area contributed by atoms with Crippen LogP contribution in [-0.4, -0.2) is 33.0 Å². The first-order valence-corrected chi connectivity index (χ1v) is 9.14. The molecule has 0 saturated heterocycles. The Morgan fingerprint density at radius 2 is 1.80 bits per heavy atom. The Labute approximate surface area is 171 Å². The van der Waals surface area contributed by atoms with Gasteiger partial charge >= 0.3 is 5.97 Å². The molecule has 1 atom stereocenters. The van der Waals surface area contributed by atoms with Crippen molar-refractivity contribution in [1.29, 1.82) is 0 Å². The maximum atomic E-state index is 13.7. The highest BCUT2D eigenvalue weighted by Gasteiger charge is 2.24. The molecule has 0 aliphatic carbocycles. The Hall–Kier alpha value is -3.62. The maximum absolute atomic E-state index is 13.7. The molecule has 0 aliphatic rings. The zero-order chi connectivity index (χ0) is 22.0. The molecule has 2 aromatic carbocycles. The smallest absolute Gasteiger partial charge is 0.361 e. The molecule has 156 valence electrons. The van der Waals surface area contributed by atoms with Gasteiger partial charge in [-0.3, -0.25) is 4.79 Å². The second-order valence-electron chi connectivity index (χ2n) is 6.87. The van der Waals surface area contributed by atoms with Gasteiger partial charge in [0.25, 0.3) is 5.91 Å². The van der Waals surface area contributed by atoms with Gasteiger partial charge in [0, 0.05) is 6.07 Å². The topological polar surface area (TPSA) is 86.1 Å². The molecule has 0 spiro atoms. The van der Waals surface area contributed by atoms with Crippen molar-refractivity contribution in [1.82, 2.24) is 15.0 Å². The first-order valence-electron chi connectivity index (χ1n) is 9.14. The van der Waals surface area contributed by atoms with E-state index in [0.29, 0.717) is 11.4 Å². The minimum absolute atomic E-state index is 0.0495. The Morgan fingerprint density at radius 1 is 1.07 bits per heavy atom. The van der Waals surface area contributed by atoms with Crippen molar-refractivity contribution in [3.63, 3.8) is 0 Å². The van der Waals surface area contributed by atoms with Crippen LogP contribution in [0.4, 0.5) is 14.5 Å². The average molecular weight is 414 g/mol. The zero-order valence-corrected chi connectivity index (χ0v) is 16.9. The Morgan fingerprint density at radius 3 is 2.50 bits per heavy atom. The third-order valence-electron chi connectivity index (χ3n) is 4.38. The number of carbonyl (C=O) groups excluding carboxylic acids is 2. The second kappa shape index (κ2) is 8.40. The van der Waals surface area contributed by atoms with Crippen LogP contribution in [0.2, 0.25) is 0 Å². The molecule has 1 aromatic heterocycles. The van der Waals surface area contributed by atoms with E-state index >= 15 is 0 Å². The fraction of sp³-hybridized carbons (Fsp3) is 0.238. The van der Waals surface area contributed by atoms with Crippen molar-refractivity contribution in [2.45, 2.75) is 33.8 Å². The Bertz CT molecular complexity index is 1130. The van der Waals surface area contributed by atoms with Gasteiger partial charge in [-0.15, -0.1) is 5.10 Å². The van der Waals surface area contributed by atoms with E-state index in [1.807, 2.05) is 32.0 Å². The van der Waals surface area contributed by atoms with Gasteiger partial charge in [-0.05, 0) is 51.5 Å². The van der Waals surface area contributed by atoms with Gasteiger partial charge in [-0.1, -0.05) is 17.7 Å². The van der Waals surface area contributed by atoms with Gasteiger partial charge in [-0.2, -0.15) is 9.90 Å². The van der Waals surface area contributed by atoms with Crippen LogP contribution in [-0.2, 0) is 9.53 Å². The third-order valence-corrected chi connectivity index (χ3v) is 4.38. The molecule has 30 heavy (non-hydrogen) atoms. The summed E-state index contributed by atoms with van der Waals surface area (Å²) >= 11 is 0. The number of aromatic nitrogens is 3. The summed E-state index contributed by atoms with van der Waals surface area (Å²) < 4.78 is 32.1. The lowest BCUT2D eigenvalue weighted by Gasteiger charge is -2.13. The van der Waals surface area contributed by atoms with Gasteiger partial charge in [0.15, 0.2) is 11.8 Å². The predicted octanol–water partition coefficient (Wildman–Crippen LogP) is 3.65. The van der Waals surface area contributed by atoms with Gasteiger partial charge < -0.3 is 10.1 Å². The van der Waals surface area contributed by atoms with Gasteiger partial charge in [-0.25, -0.2) is 13.6 Å². The standard InChI is InChI=1S/C21H20F2N4O3/c1-11-5-8-18(12(2)9-11)27-25-13(3)19(26-27)21(29)30-14(4)20(28)24-17-10-15(22)6-7-16(17)23/h5-10,14H,1-4H3,(H,24,28)/t14-/m1/s1. The van der Waals surface area contributed by atoms with Crippen LogP contribution in [0.15, 0.2) is 36.4 Å². The highest BCUT2D eigenvalue weighted by atomic mass is 19.1. The number of hydrogen-bond donors (Lipinski definition) is 1. The van der Waals surface area contributed by atoms with Gasteiger partial charge in [0.2, 0.25) is 0 Å². The summed E-state index contributed by atoms with van der Waals surface area (Å²) in [5, 5.41) is 10.6. The summed E-state index contributed by atoms with van der Waals surface area (Å²) in [5.41, 5.74) is 2.63. The fourth-order valence-corrected chi connectivity index (χ4v) is 2.80. The van der Waals surface area contributed by atoms with Crippen LogP contribution < -0.4 is 5.32 Å². The normalized spacial score (nSPS) is 11.8. The first kappa shape index (κ1) is 21.1. The highest BCUT2D eigenvalue weighted by molar-refractivity contribution is 5.97. The maximum Gasteiger partial charge on any atom is 0.361 e. The van der Waals surface area contributed by atoms with Crippen LogP contribution in [0.3, 0.4) is 0 Å². The Kier molecular flexibility index (Phi) is 5.91. The van der Waals surface area contributed by atoms with Crippen LogP contribution in [0.5, 0.6) is 0 Å². The Balaban J connectivity index is 1.73. The van der Waals surface area contributed by atoms with Crippen LogP contribution in [0, 0.1) is 32.4 Å². The van der Waals surface area contributed by atoms with Crippen molar-refractivity contribution in [2.75, 3.05) is 5.32 Å². The van der Waals surface area contributed by atoms with Crippen molar-refractivity contribution in [3.8, 4) is 5.69 Å². The minimum atomic E-state index is -1.27.